The Labute approximate surface area is 108 Å². The molecule has 2 aromatic carbocycles. The van der Waals surface area contributed by atoms with Crippen LogP contribution >= 0.6 is 0 Å². The molecule has 0 fully saturated rings. The first kappa shape index (κ1) is 11.1. The number of hydrogen-bond donors (Lipinski definition) is 0. The Bertz CT molecular complexity index is 563. The van der Waals surface area contributed by atoms with E-state index in [9.17, 15) is 0 Å². The minimum atomic E-state index is 0.945. The molecule has 0 spiro atoms. The molecule has 0 N–H and O–H groups in total. The van der Waals surface area contributed by atoms with Gasteiger partial charge in [-0.05, 0) is 37.6 Å². The lowest BCUT2D eigenvalue weighted by atomic mass is 10.1. The summed E-state index contributed by atoms with van der Waals surface area (Å²) in [5, 5.41) is 0. The number of nitrogens with zero attached hydrogens (tertiary/aromatic N) is 2. The maximum Gasteiger partial charge on any atom is 0.0953 e. The van der Waals surface area contributed by atoms with Gasteiger partial charge in [0.1, 0.15) is 0 Å². The average molecular weight is 238 g/mol. The van der Waals surface area contributed by atoms with Crippen LogP contribution in [0.5, 0.6) is 0 Å². The zero-order chi connectivity index (χ0) is 12.5. The number of para-hydroxylation sites is 3. The summed E-state index contributed by atoms with van der Waals surface area (Å²) in [6.07, 6.45) is 0. The molecule has 2 heteroatoms. The molecule has 0 unspecified atom stereocenters. The van der Waals surface area contributed by atoms with E-state index in [1.807, 2.05) is 0 Å². The van der Waals surface area contributed by atoms with Crippen molar-refractivity contribution >= 4 is 17.1 Å². The predicted molar refractivity (Wildman–Crippen MR) is 77.6 cm³/mol. The molecule has 0 saturated carbocycles. The number of anilines is 3. The molecule has 92 valence electrons. The fourth-order valence-electron chi connectivity index (χ4n) is 2.63. The Balaban J connectivity index is 2.09. The predicted octanol–water partition coefficient (Wildman–Crippen LogP) is 3.93. The van der Waals surface area contributed by atoms with Crippen LogP contribution in [0.2, 0.25) is 0 Å². The van der Waals surface area contributed by atoms with Crippen molar-refractivity contribution in [2.45, 2.75) is 13.8 Å². The first-order valence-corrected chi connectivity index (χ1v) is 6.48. The standard InChI is InChI=1S/C16H18N2/c1-3-17-12-18(14-9-5-4-8-13(14)2)16-11-7-6-10-15(16)17/h4-11H,3,12H2,1-2H3. The molecule has 0 aromatic heterocycles. The summed E-state index contributed by atoms with van der Waals surface area (Å²) >= 11 is 0. The van der Waals surface area contributed by atoms with E-state index in [0.29, 0.717) is 0 Å². The van der Waals surface area contributed by atoms with Crippen molar-refractivity contribution in [2.75, 3.05) is 23.0 Å². The highest BCUT2D eigenvalue weighted by molar-refractivity contribution is 5.83. The molecule has 3 rings (SSSR count). The molecule has 0 bridgehead atoms. The molecule has 0 aliphatic carbocycles. The maximum absolute atomic E-state index is 2.40. The van der Waals surface area contributed by atoms with E-state index in [0.717, 1.165) is 13.2 Å². The molecule has 18 heavy (non-hydrogen) atoms. The van der Waals surface area contributed by atoms with Gasteiger partial charge < -0.3 is 9.80 Å². The van der Waals surface area contributed by atoms with E-state index < -0.39 is 0 Å². The van der Waals surface area contributed by atoms with Crippen LogP contribution in [0.15, 0.2) is 48.5 Å². The van der Waals surface area contributed by atoms with Crippen molar-refractivity contribution in [1.82, 2.24) is 0 Å². The first-order chi connectivity index (χ1) is 8.81. The van der Waals surface area contributed by atoms with Crippen LogP contribution in [0.1, 0.15) is 12.5 Å². The van der Waals surface area contributed by atoms with Gasteiger partial charge in [0.15, 0.2) is 0 Å². The van der Waals surface area contributed by atoms with Crippen molar-refractivity contribution < 1.29 is 0 Å². The second-order valence-corrected chi connectivity index (χ2v) is 4.70. The van der Waals surface area contributed by atoms with Gasteiger partial charge in [-0.25, -0.2) is 0 Å². The summed E-state index contributed by atoms with van der Waals surface area (Å²) in [5.74, 6) is 0. The second kappa shape index (κ2) is 4.37. The minimum absolute atomic E-state index is 0.945. The second-order valence-electron chi connectivity index (χ2n) is 4.70. The van der Waals surface area contributed by atoms with Crippen LogP contribution in [0.25, 0.3) is 0 Å². The van der Waals surface area contributed by atoms with E-state index in [2.05, 4.69) is 72.2 Å². The van der Waals surface area contributed by atoms with Gasteiger partial charge in [-0.2, -0.15) is 0 Å². The monoisotopic (exact) mass is 238 g/mol. The first-order valence-electron chi connectivity index (χ1n) is 6.48. The van der Waals surface area contributed by atoms with Crippen LogP contribution < -0.4 is 9.80 Å². The fourth-order valence-corrected chi connectivity index (χ4v) is 2.63. The molecular weight excluding hydrogens is 220 g/mol. The van der Waals surface area contributed by atoms with Gasteiger partial charge in [0.2, 0.25) is 0 Å². The number of fused-ring (bicyclic) bond motifs is 1. The van der Waals surface area contributed by atoms with Crippen molar-refractivity contribution in [3.05, 3.63) is 54.1 Å². The SMILES string of the molecule is CCN1CN(c2ccccc2C)c2ccccc21. The molecule has 0 saturated heterocycles. The minimum Gasteiger partial charge on any atom is -0.352 e. The summed E-state index contributed by atoms with van der Waals surface area (Å²) in [7, 11) is 0. The third kappa shape index (κ3) is 1.65. The number of rotatable bonds is 2. The molecule has 2 aromatic rings. The third-order valence-electron chi connectivity index (χ3n) is 3.61. The molecule has 2 nitrogen and oxygen atoms in total. The molecule has 1 heterocycles. The molecule has 0 amide bonds. The van der Waals surface area contributed by atoms with Gasteiger partial charge in [-0.1, -0.05) is 30.3 Å². The van der Waals surface area contributed by atoms with E-state index in [4.69, 9.17) is 0 Å². The molecule has 1 aliphatic heterocycles. The van der Waals surface area contributed by atoms with Crippen LogP contribution in [0.4, 0.5) is 17.1 Å². The fraction of sp³-hybridized carbons (Fsp3) is 0.250. The highest BCUT2D eigenvalue weighted by atomic mass is 15.4. The van der Waals surface area contributed by atoms with Gasteiger partial charge in [-0.3, -0.25) is 0 Å². The Hall–Kier alpha value is -1.96. The molecule has 0 atom stereocenters. The summed E-state index contributed by atoms with van der Waals surface area (Å²) in [4.78, 5) is 4.80. The summed E-state index contributed by atoms with van der Waals surface area (Å²) < 4.78 is 0. The molecule has 1 aliphatic rings. The van der Waals surface area contributed by atoms with Crippen molar-refractivity contribution in [3.63, 3.8) is 0 Å². The highest BCUT2D eigenvalue weighted by Crippen LogP contribution is 2.40. The largest absolute Gasteiger partial charge is 0.352 e. The van der Waals surface area contributed by atoms with Gasteiger partial charge >= 0.3 is 0 Å². The van der Waals surface area contributed by atoms with Crippen LogP contribution in [0.3, 0.4) is 0 Å². The Kier molecular flexibility index (Phi) is 2.71. The zero-order valence-electron chi connectivity index (χ0n) is 10.9. The Morgan fingerprint density at radius 3 is 2.17 bits per heavy atom. The topological polar surface area (TPSA) is 6.48 Å². The van der Waals surface area contributed by atoms with Crippen LogP contribution in [-0.4, -0.2) is 13.2 Å². The van der Waals surface area contributed by atoms with E-state index in [-0.39, 0.29) is 0 Å². The van der Waals surface area contributed by atoms with Crippen molar-refractivity contribution in [3.8, 4) is 0 Å². The van der Waals surface area contributed by atoms with Crippen molar-refractivity contribution in [1.29, 1.82) is 0 Å². The quantitative estimate of drug-likeness (QED) is 0.782. The highest BCUT2D eigenvalue weighted by Gasteiger charge is 2.25. The number of aryl methyl sites for hydroxylation is 1. The van der Waals surface area contributed by atoms with E-state index in [1.165, 1.54) is 22.6 Å². The number of hydrogen-bond acceptors (Lipinski definition) is 2. The van der Waals surface area contributed by atoms with Crippen LogP contribution in [0, 0.1) is 6.92 Å². The lowest BCUT2D eigenvalue weighted by molar-refractivity contribution is 0.863. The summed E-state index contributed by atoms with van der Waals surface area (Å²) in [5.41, 5.74) is 5.28. The van der Waals surface area contributed by atoms with Gasteiger partial charge in [0, 0.05) is 12.2 Å². The van der Waals surface area contributed by atoms with Gasteiger partial charge in [0.05, 0.1) is 18.0 Å². The van der Waals surface area contributed by atoms with Crippen LogP contribution in [-0.2, 0) is 0 Å². The van der Waals surface area contributed by atoms with Gasteiger partial charge in [-0.15, -0.1) is 0 Å². The van der Waals surface area contributed by atoms with Gasteiger partial charge in [0.25, 0.3) is 0 Å². The zero-order valence-corrected chi connectivity index (χ0v) is 10.9. The van der Waals surface area contributed by atoms with E-state index in [1.54, 1.807) is 0 Å². The number of benzene rings is 2. The Morgan fingerprint density at radius 2 is 1.50 bits per heavy atom. The summed E-state index contributed by atoms with van der Waals surface area (Å²) in [6.45, 7) is 6.37. The maximum atomic E-state index is 2.40. The molecular formula is C16H18N2. The normalized spacial score (nSPS) is 13.9. The van der Waals surface area contributed by atoms with E-state index >= 15 is 0 Å². The third-order valence-corrected chi connectivity index (χ3v) is 3.61. The summed E-state index contributed by atoms with van der Waals surface area (Å²) in [6, 6.07) is 17.2. The average Bonchev–Trinajstić information content (AvgIpc) is 2.78. The molecule has 0 radical (unpaired) electrons. The smallest absolute Gasteiger partial charge is 0.0953 e. The Morgan fingerprint density at radius 1 is 0.889 bits per heavy atom. The van der Waals surface area contributed by atoms with Crippen molar-refractivity contribution in [2.24, 2.45) is 0 Å². The lowest BCUT2D eigenvalue weighted by Crippen LogP contribution is -2.27. The lowest BCUT2D eigenvalue weighted by Gasteiger charge is -2.22.